The van der Waals surface area contributed by atoms with Crippen LogP contribution in [0.15, 0.2) is 36.5 Å². The number of benzene rings is 1. The van der Waals surface area contributed by atoms with Crippen molar-refractivity contribution in [3.63, 3.8) is 0 Å². The van der Waals surface area contributed by atoms with Crippen molar-refractivity contribution in [1.82, 2.24) is 14.9 Å². The fourth-order valence-corrected chi connectivity index (χ4v) is 3.46. The van der Waals surface area contributed by atoms with Crippen molar-refractivity contribution in [3.8, 4) is 5.75 Å². The highest BCUT2D eigenvalue weighted by atomic mass is 35.5. The molecule has 2 aromatic heterocycles. The van der Waals surface area contributed by atoms with E-state index in [1.807, 2.05) is 44.2 Å². The molecule has 1 unspecified atom stereocenters. The van der Waals surface area contributed by atoms with Crippen LogP contribution in [0.4, 0.5) is 4.79 Å². The van der Waals surface area contributed by atoms with Gasteiger partial charge in [-0.2, -0.15) is 0 Å². The van der Waals surface area contributed by atoms with Gasteiger partial charge in [0.25, 0.3) is 0 Å². The van der Waals surface area contributed by atoms with E-state index in [-0.39, 0.29) is 24.6 Å². The number of hydrogen-bond acceptors (Lipinski definition) is 4. The second-order valence-electron chi connectivity index (χ2n) is 6.65. The molecule has 0 saturated carbocycles. The first-order valence-electron chi connectivity index (χ1n) is 8.79. The van der Waals surface area contributed by atoms with Gasteiger partial charge in [0.1, 0.15) is 24.0 Å². The molecule has 1 fully saturated rings. The number of rotatable bonds is 5. The van der Waals surface area contributed by atoms with Crippen molar-refractivity contribution in [3.05, 3.63) is 58.4 Å². The van der Waals surface area contributed by atoms with Crippen molar-refractivity contribution in [2.75, 3.05) is 6.54 Å². The standard InChI is InChI=1S/C20H20ClN3O3.ClH/c1-12-13(2)24(10-16-9-23-20(25)27-16)19-17(7-8-22-18(12)19)26-11-14-3-5-15(21)6-4-14;/h3-8,16H,9-11H2,1-2H3,(H,23,25);1H. The quantitative estimate of drug-likeness (QED) is 0.662. The molecule has 1 aromatic carbocycles. The SMILES string of the molecule is Cc1c(C)n(CC2CNC(=O)O2)c2c(OCc3ccc(Cl)cc3)ccnc12.Cl. The number of halogens is 2. The zero-order valence-corrected chi connectivity index (χ0v) is 17.1. The van der Waals surface area contributed by atoms with Gasteiger partial charge >= 0.3 is 6.09 Å². The molecule has 0 spiro atoms. The van der Waals surface area contributed by atoms with Gasteiger partial charge in [-0.1, -0.05) is 23.7 Å². The second kappa shape index (κ2) is 8.29. The molecule has 1 aliphatic rings. The first-order valence-corrected chi connectivity index (χ1v) is 9.17. The van der Waals surface area contributed by atoms with E-state index >= 15 is 0 Å². The van der Waals surface area contributed by atoms with Crippen LogP contribution in [0.3, 0.4) is 0 Å². The third-order valence-electron chi connectivity index (χ3n) is 4.90. The van der Waals surface area contributed by atoms with Crippen molar-refractivity contribution < 1.29 is 14.3 Å². The van der Waals surface area contributed by atoms with Gasteiger partial charge in [-0.25, -0.2) is 4.79 Å². The van der Waals surface area contributed by atoms with Gasteiger partial charge in [-0.05, 0) is 37.1 Å². The predicted octanol–water partition coefficient (Wildman–Crippen LogP) is 4.42. The number of hydrogen-bond donors (Lipinski definition) is 1. The van der Waals surface area contributed by atoms with Crippen LogP contribution < -0.4 is 10.1 Å². The summed E-state index contributed by atoms with van der Waals surface area (Å²) >= 11 is 5.95. The van der Waals surface area contributed by atoms with Crippen molar-refractivity contribution in [2.24, 2.45) is 0 Å². The van der Waals surface area contributed by atoms with Crippen LogP contribution in [-0.2, 0) is 17.9 Å². The summed E-state index contributed by atoms with van der Waals surface area (Å²) < 4.78 is 13.6. The number of pyridine rings is 1. The molecule has 0 radical (unpaired) electrons. The minimum absolute atomic E-state index is 0. The molecule has 6 nitrogen and oxygen atoms in total. The highest BCUT2D eigenvalue weighted by Gasteiger charge is 2.26. The Morgan fingerprint density at radius 3 is 2.71 bits per heavy atom. The lowest BCUT2D eigenvalue weighted by atomic mass is 10.2. The lowest BCUT2D eigenvalue weighted by Gasteiger charge is -2.15. The Bertz CT molecular complexity index is 1000. The molecule has 28 heavy (non-hydrogen) atoms. The molecule has 1 aliphatic heterocycles. The molecule has 8 heteroatoms. The summed E-state index contributed by atoms with van der Waals surface area (Å²) in [4.78, 5) is 15.9. The molecule has 4 rings (SSSR count). The third kappa shape index (κ3) is 3.88. The van der Waals surface area contributed by atoms with Gasteiger partial charge in [0.05, 0.1) is 18.6 Å². The Labute approximate surface area is 174 Å². The van der Waals surface area contributed by atoms with E-state index in [1.54, 1.807) is 6.20 Å². The summed E-state index contributed by atoms with van der Waals surface area (Å²) in [5.74, 6) is 0.753. The smallest absolute Gasteiger partial charge is 0.407 e. The van der Waals surface area contributed by atoms with Crippen LogP contribution >= 0.6 is 24.0 Å². The maximum absolute atomic E-state index is 11.4. The van der Waals surface area contributed by atoms with Gasteiger partial charge in [-0.3, -0.25) is 4.98 Å². The van der Waals surface area contributed by atoms with E-state index in [4.69, 9.17) is 21.1 Å². The van der Waals surface area contributed by atoms with Crippen molar-refractivity contribution in [2.45, 2.75) is 33.1 Å². The fraction of sp³-hybridized carbons (Fsp3) is 0.300. The van der Waals surface area contributed by atoms with E-state index in [0.29, 0.717) is 24.7 Å². The highest BCUT2D eigenvalue weighted by molar-refractivity contribution is 6.30. The number of cyclic esters (lactones) is 1. The Balaban J connectivity index is 0.00000225. The van der Waals surface area contributed by atoms with Crippen LogP contribution in [0.5, 0.6) is 5.75 Å². The number of nitrogens with zero attached hydrogens (tertiary/aromatic N) is 2. The second-order valence-corrected chi connectivity index (χ2v) is 7.09. The van der Waals surface area contributed by atoms with Crippen LogP contribution in [0.2, 0.25) is 5.02 Å². The minimum Gasteiger partial charge on any atom is -0.487 e. The predicted molar refractivity (Wildman–Crippen MR) is 111 cm³/mol. The first kappa shape index (κ1) is 20.3. The van der Waals surface area contributed by atoms with E-state index in [9.17, 15) is 4.79 Å². The van der Waals surface area contributed by atoms with Crippen LogP contribution in [0.25, 0.3) is 11.0 Å². The molecule has 0 bridgehead atoms. The van der Waals surface area contributed by atoms with Crippen molar-refractivity contribution >= 4 is 41.1 Å². The van der Waals surface area contributed by atoms with Gasteiger partial charge in [0.2, 0.25) is 0 Å². The minimum atomic E-state index is -0.372. The number of carbonyl (C=O) groups excluding carboxylic acids is 1. The van der Waals surface area contributed by atoms with Gasteiger partial charge in [0.15, 0.2) is 0 Å². The molecular weight excluding hydrogens is 401 g/mol. The lowest BCUT2D eigenvalue weighted by molar-refractivity contribution is 0.131. The Morgan fingerprint density at radius 2 is 2.04 bits per heavy atom. The van der Waals surface area contributed by atoms with Crippen LogP contribution in [0.1, 0.15) is 16.8 Å². The topological polar surface area (TPSA) is 65.4 Å². The number of aromatic nitrogens is 2. The molecule has 0 aliphatic carbocycles. The van der Waals surface area contributed by atoms with Gasteiger partial charge in [0, 0.05) is 23.0 Å². The monoisotopic (exact) mass is 421 g/mol. The average Bonchev–Trinajstić information content (AvgIpc) is 3.18. The van der Waals surface area contributed by atoms with Crippen LogP contribution in [-0.4, -0.2) is 28.3 Å². The Kier molecular flexibility index (Phi) is 6.01. The summed E-state index contributed by atoms with van der Waals surface area (Å²) in [6, 6.07) is 9.45. The van der Waals surface area contributed by atoms with Crippen molar-refractivity contribution in [1.29, 1.82) is 0 Å². The van der Waals surface area contributed by atoms with Gasteiger partial charge in [-0.15, -0.1) is 12.4 Å². The Hall–Kier alpha value is -2.44. The number of carbonyl (C=O) groups is 1. The highest BCUT2D eigenvalue weighted by Crippen LogP contribution is 2.32. The summed E-state index contributed by atoms with van der Waals surface area (Å²) in [5.41, 5.74) is 5.04. The molecule has 1 amide bonds. The van der Waals surface area contributed by atoms with Gasteiger partial charge < -0.3 is 19.4 Å². The summed E-state index contributed by atoms with van der Waals surface area (Å²) in [7, 11) is 0. The number of amides is 1. The maximum Gasteiger partial charge on any atom is 0.407 e. The largest absolute Gasteiger partial charge is 0.487 e. The molecule has 1 N–H and O–H groups in total. The lowest BCUT2D eigenvalue weighted by Crippen LogP contribution is -2.21. The average molecular weight is 422 g/mol. The van der Waals surface area contributed by atoms with E-state index in [0.717, 1.165) is 33.6 Å². The first-order chi connectivity index (χ1) is 13.0. The maximum atomic E-state index is 11.4. The molecule has 3 heterocycles. The summed E-state index contributed by atoms with van der Waals surface area (Å²) in [6.07, 6.45) is 1.17. The molecule has 1 saturated heterocycles. The number of nitrogens with one attached hydrogen (secondary N) is 1. The summed E-state index contributed by atoms with van der Waals surface area (Å²) in [6.45, 7) is 5.57. The number of alkyl carbamates (subject to hydrolysis) is 1. The molecule has 1 atom stereocenters. The molecule has 3 aromatic rings. The zero-order chi connectivity index (χ0) is 19.0. The van der Waals surface area contributed by atoms with E-state index in [1.165, 1.54) is 0 Å². The molecular formula is C20H21Cl2N3O3. The fourth-order valence-electron chi connectivity index (χ4n) is 3.34. The summed E-state index contributed by atoms with van der Waals surface area (Å²) in [5, 5.41) is 3.40. The third-order valence-corrected chi connectivity index (χ3v) is 5.15. The molecule has 148 valence electrons. The van der Waals surface area contributed by atoms with E-state index < -0.39 is 0 Å². The normalized spacial score (nSPS) is 15.8. The zero-order valence-electron chi connectivity index (χ0n) is 15.6. The van der Waals surface area contributed by atoms with Crippen LogP contribution in [0, 0.1) is 13.8 Å². The van der Waals surface area contributed by atoms with E-state index in [2.05, 4.69) is 14.9 Å². The number of ether oxygens (including phenoxy) is 2. The number of aryl methyl sites for hydroxylation is 1. The Morgan fingerprint density at radius 1 is 1.29 bits per heavy atom. The number of fused-ring (bicyclic) bond motifs is 1.